The van der Waals surface area contributed by atoms with Crippen molar-refractivity contribution < 1.29 is 36.8 Å². The van der Waals surface area contributed by atoms with Crippen LogP contribution in [-0.4, -0.2) is 124 Å². The van der Waals surface area contributed by atoms with E-state index in [0.717, 1.165) is 43.8 Å². The van der Waals surface area contributed by atoms with Crippen LogP contribution in [0.25, 0.3) is 0 Å². The van der Waals surface area contributed by atoms with E-state index in [-0.39, 0.29) is 51.4 Å². The fourth-order valence-corrected chi connectivity index (χ4v) is 37.2. The van der Waals surface area contributed by atoms with E-state index in [2.05, 4.69) is 208 Å². The van der Waals surface area contributed by atoms with Crippen LogP contribution in [0.4, 0.5) is 0 Å². The van der Waals surface area contributed by atoms with Crippen molar-refractivity contribution in [1.82, 2.24) is 0 Å². The van der Waals surface area contributed by atoms with Crippen LogP contribution < -0.4 is 0 Å². The summed E-state index contributed by atoms with van der Waals surface area (Å²) in [7, 11) is -9.86. The fourth-order valence-electron chi connectivity index (χ4n) is 11.3. The number of hydrogen-bond acceptors (Lipinski definition) is 8. The number of allylic oxidation sites excluding steroid dienone is 3. The molecule has 85 heavy (non-hydrogen) atoms. The molecule has 8 nitrogen and oxygen atoms in total. The van der Waals surface area contributed by atoms with Crippen LogP contribution in [0.15, 0.2) is 43.6 Å². The van der Waals surface area contributed by atoms with Crippen molar-refractivity contribution in [1.29, 1.82) is 0 Å². The van der Waals surface area contributed by atoms with Crippen molar-refractivity contribution in [2.24, 2.45) is 11.8 Å². The molecule has 1 fully saturated rings. The molecule has 1 rings (SSSR count). The first kappa shape index (κ1) is 83.4. The molecular formula is C71H142O8Si4Sn2. The van der Waals surface area contributed by atoms with Gasteiger partial charge in [0.1, 0.15) is 0 Å². The molecule has 0 amide bonds. The third-order valence-electron chi connectivity index (χ3n) is 21.1. The SMILES string of the molecule is C=[C](C[C@H](C)C[C@@H]1O[C@H]1/C=C/CC/C=C(\C)C(=O)O[C@@H](C)C[C@@H](C)[C@H](O[Si](C)(C)C(C)(C)C)[C@@H](O[Si](C)(C)C(C)(C)C)C(=O)C[C@H](C[C@@](C)(O[Si](C)(C)C(C)(C)C)/C(C)=[CH]/[Sn]([CH2]CCC)([CH2]CCC)[CH2]CCC)O[Si](CC)(CC)CC)[Sn]([CH3])([CH3])[CH3]. The van der Waals surface area contributed by atoms with E-state index in [0.29, 0.717) is 30.4 Å². The van der Waals surface area contributed by atoms with Gasteiger partial charge in [0.25, 0.3) is 0 Å². The molecule has 0 aromatic carbocycles. The summed E-state index contributed by atoms with van der Waals surface area (Å²) in [4.78, 5) is 37.5. The minimum absolute atomic E-state index is 0.0217. The molecule has 1 aliphatic rings. The van der Waals surface area contributed by atoms with Gasteiger partial charge in [-0.1, -0.05) is 20.8 Å². The quantitative estimate of drug-likeness (QED) is 0.0149. The maximum absolute atomic E-state index is 16.4. The molecule has 0 radical (unpaired) electrons. The van der Waals surface area contributed by atoms with Crippen molar-refractivity contribution in [3.63, 3.8) is 0 Å². The number of Topliss-reactive ketones (excluding diaryl/α,β-unsaturated/α-hetero) is 1. The number of rotatable bonds is 42. The zero-order valence-corrected chi connectivity index (χ0v) is 71.5. The van der Waals surface area contributed by atoms with Crippen LogP contribution in [0.5, 0.6) is 0 Å². The Morgan fingerprint density at radius 1 is 0.671 bits per heavy atom. The normalized spacial score (nSPS) is 19.6. The number of epoxide rings is 1. The van der Waals surface area contributed by atoms with Gasteiger partial charge in [0.15, 0.2) is 0 Å². The molecule has 0 aromatic heterocycles. The molecule has 1 heterocycles. The summed E-state index contributed by atoms with van der Waals surface area (Å²) in [5, 5.41) is -0.339. The molecule has 0 N–H and O–H groups in total. The van der Waals surface area contributed by atoms with E-state index in [1.165, 1.54) is 61.0 Å². The summed E-state index contributed by atoms with van der Waals surface area (Å²) in [5.74, 6) is 0.142. The summed E-state index contributed by atoms with van der Waals surface area (Å²) in [6.07, 6.45) is 17.3. The molecule has 0 unspecified atom stereocenters. The summed E-state index contributed by atoms with van der Waals surface area (Å²) < 4.78 is 51.8. The Kier molecular flexibility index (Phi) is 34.9. The van der Waals surface area contributed by atoms with Crippen molar-refractivity contribution in [3.8, 4) is 0 Å². The Balaban J connectivity index is 4.01. The van der Waals surface area contributed by atoms with Gasteiger partial charge in [0.2, 0.25) is 0 Å². The topological polar surface area (TPSA) is 92.8 Å². The monoisotopic (exact) mass is 1470 g/mol. The molecule has 9 atom stereocenters. The van der Waals surface area contributed by atoms with Gasteiger partial charge in [-0.05, 0) is 13.8 Å². The molecule has 14 heteroatoms. The first-order valence-electron chi connectivity index (χ1n) is 34.6. The van der Waals surface area contributed by atoms with Crippen LogP contribution in [0, 0.1) is 11.8 Å². The van der Waals surface area contributed by atoms with E-state index < -0.39 is 93.9 Å². The van der Waals surface area contributed by atoms with Gasteiger partial charge in [0, 0.05) is 0 Å². The number of esters is 1. The second kappa shape index (κ2) is 35.6. The van der Waals surface area contributed by atoms with Gasteiger partial charge in [-0.3, -0.25) is 0 Å². The first-order chi connectivity index (χ1) is 38.7. The molecule has 1 aliphatic heterocycles. The Hall–Kier alpha value is 0.365. The zero-order valence-electron chi connectivity index (χ0n) is 61.8. The summed E-state index contributed by atoms with van der Waals surface area (Å²) in [6, 6.07) is 2.95. The zero-order chi connectivity index (χ0) is 66.0. The third-order valence-corrected chi connectivity index (χ3v) is 60.5. The molecule has 0 aliphatic carbocycles. The van der Waals surface area contributed by atoms with Crippen molar-refractivity contribution >= 4 is 81.8 Å². The van der Waals surface area contributed by atoms with Crippen molar-refractivity contribution in [2.75, 3.05) is 0 Å². The van der Waals surface area contributed by atoms with E-state index in [4.69, 9.17) is 27.2 Å². The van der Waals surface area contributed by atoms with Gasteiger partial charge in [-0.15, -0.1) is 0 Å². The van der Waals surface area contributed by atoms with Gasteiger partial charge in [0.05, 0.1) is 0 Å². The minimum atomic E-state index is -2.88. The predicted octanol–water partition coefficient (Wildman–Crippen LogP) is 22.5. The maximum atomic E-state index is 16.4. The summed E-state index contributed by atoms with van der Waals surface area (Å²) in [6.45, 7) is 66.2. The number of hydrogen-bond donors (Lipinski definition) is 0. The third kappa shape index (κ3) is 27.5. The van der Waals surface area contributed by atoms with Crippen LogP contribution in [0.3, 0.4) is 0 Å². The van der Waals surface area contributed by atoms with Gasteiger partial charge >= 0.3 is 502 Å². The van der Waals surface area contributed by atoms with E-state index in [1.54, 1.807) is 0 Å². The molecule has 0 bridgehead atoms. The molecular weight excluding hydrogens is 1330 g/mol. The first-order valence-corrected chi connectivity index (χ1v) is 63.5. The van der Waals surface area contributed by atoms with Crippen molar-refractivity contribution in [2.45, 2.75) is 372 Å². The molecule has 0 aromatic rings. The molecule has 1 saturated heterocycles. The van der Waals surface area contributed by atoms with E-state index in [9.17, 15) is 4.79 Å². The number of ether oxygens (including phenoxy) is 2. The van der Waals surface area contributed by atoms with Gasteiger partial charge < -0.3 is 4.74 Å². The average molecular weight is 1470 g/mol. The standard InChI is InChI=1S/C56H106O8Si4.3C4H9.3CH3.2Sn/c1-27-34-42(7)37-49-48(60-49)36-33-31-32-35-43(8)52(58)59-45(10)38-44(9)50(62-65(21,22)53(11,12)13)51(63-66(23,24)54(14,15)16)47(57)39-46(61-68(28-2,29-3)30-4)40-56(20,41(5)6)64-67(25,26)55(17,18)19;3*1-3-4-2;;;;;/h5,33,35-36,42,44-46,48-51H,1,28-32,34,37-40H2,2-4,6-26H3;3*1,3-4H2,2H3;3*1H3;;/b36-33+,41-5?,43-35+;;;;;;;;/t42-,44+,45-,46+,48-,49-,50-,51-,56+;;;;;;;;/m0......../s1. The number of carbonyl (C=O) groups is 2. The van der Waals surface area contributed by atoms with Gasteiger partial charge in [-0.2, -0.15) is 0 Å². The van der Waals surface area contributed by atoms with Gasteiger partial charge in [-0.25, -0.2) is 4.79 Å². The van der Waals surface area contributed by atoms with Crippen LogP contribution in [-0.2, 0) is 36.8 Å². The van der Waals surface area contributed by atoms with E-state index in [1.807, 2.05) is 19.9 Å². The Labute approximate surface area is 541 Å². The Morgan fingerprint density at radius 3 is 1.60 bits per heavy atom. The molecule has 498 valence electrons. The van der Waals surface area contributed by atoms with Crippen molar-refractivity contribution in [3.05, 3.63) is 43.6 Å². The summed E-state index contributed by atoms with van der Waals surface area (Å²) >= 11 is -4.96. The second-order valence-electron chi connectivity index (χ2n) is 33.0. The van der Waals surface area contributed by atoms with Crippen LogP contribution >= 0.6 is 0 Å². The fraction of sp³-hybridized carbons (Fsp3) is 0.859. The predicted molar refractivity (Wildman–Crippen MR) is 387 cm³/mol. The number of ketones is 1. The Bertz CT molecular complexity index is 2090. The summed E-state index contributed by atoms with van der Waals surface area (Å²) in [5.41, 5.74) is 1.34. The second-order valence-corrected chi connectivity index (χ2v) is 79.7. The Morgan fingerprint density at radius 2 is 1.15 bits per heavy atom. The van der Waals surface area contributed by atoms with Crippen LogP contribution in [0.1, 0.15) is 229 Å². The molecule has 0 spiro atoms. The van der Waals surface area contributed by atoms with Crippen LogP contribution in [0.2, 0.25) is 101 Å². The number of unbranched alkanes of at least 4 members (excludes halogenated alkanes) is 4. The molecule has 0 saturated carbocycles. The average Bonchev–Trinajstić information content (AvgIpc) is 3.66. The van der Waals surface area contributed by atoms with E-state index >= 15 is 4.79 Å². The number of carbonyl (C=O) groups excluding carboxylic acids is 2.